The maximum absolute atomic E-state index is 11.2. The highest BCUT2D eigenvalue weighted by atomic mass is 19.3. The van der Waals surface area contributed by atoms with Gasteiger partial charge in [0, 0.05) is 7.05 Å². The smallest absolute Gasteiger partial charge is 0.288 e. The van der Waals surface area contributed by atoms with Gasteiger partial charge in [0.1, 0.15) is 0 Å². The van der Waals surface area contributed by atoms with Gasteiger partial charge in [0.25, 0.3) is 6.08 Å². The summed E-state index contributed by atoms with van der Waals surface area (Å²) in [4.78, 5) is 0. The third kappa shape index (κ3) is 2.14. The molecule has 7 heavy (non-hydrogen) atoms. The molecule has 0 aliphatic heterocycles. The van der Waals surface area contributed by atoms with Gasteiger partial charge in [-0.25, -0.2) is 0 Å². The first-order valence-electron chi connectivity index (χ1n) is 1.88. The third-order valence-electron chi connectivity index (χ3n) is 0.658. The number of nitrogens with one attached hydrogen (secondary N) is 1. The third-order valence-corrected chi connectivity index (χ3v) is 0.658. The molecule has 0 atom stereocenters. The molecule has 0 spiro atoms. The van der Waals surface area contributed by atoms with Crippen LogP contribution in [-0.4, -0.2) is 7.05 Å². The van der Waals surface area contributed by atoms with Crippen LogP contribution < -0.4 is 5.32 Å². The lowest BCUT2D eigenvalue weighted by molar-refractivity contribution is 0.406. The van der Waals surface area contributed by atoms with Crippen LogP contribution in [0.5, 0.6) is 0 Å². The van der Waals surface area contributed by atoms with Crippen molar-refractivity contribution in [2.75, 3.05) is 7.05 Å². The fourth-order valence-electron chi connectivity index (χ4n) is 0.0945. The van der Waals surface area contributed by atoms with Crippen molar-refractivity contribution in [3.05, 3.63) is 11.8 Å². The summed E-state index contributed by atoms with van der Waals surface area (Å²) in [5.41, 5.74) is -0.0694. The fraction of sp³-hybridized carbons (Fsp3) is 0.500. The average Bonchev–Trinajstić information content (AvgIpc) is 1.65. The van der Waals surface area contributed by atoms with Crippen molar-refractivity contribution in [2.24, 2.45) is 0 Å². The van der Waals surface area contributed by atoms with Crippen LogP contribution in [-0.2, 0) is 0 Å². The highest BCUT2D eigenvalue weighted by Gasteiger charge is 1.91. The summed E-state index contributed by atoms with van der Waals surface area (Å²) in [7, 11) is 1.45. The zero-order valence-corrected chi connectivity index (χ0v) is 4.26. The van der Waals surface area contributed by atoms with E-state index < -0.39 is 6.08 Å². The molecule has 0 rings (SSSR count). The minimum absolute atomic E-state index is 0.0694. The second kappa shape index (κ2) is 2.55. The maximum Gasteiger partial charge on any atom is 0.288 e. The molecule has 0 bridgehead atoms. The van der Waals surface area contributed by atoms with Crippen molar-refractivity contribution in [1.29, 1.82) is 0 Å². The van der Waals surface area contributed by atoms with Gasteiger partial charge in [0.15, 0.2) is 0 Å². The lowest BCUT2D eigenvalue weighted by Crippen LogP contribution is -2.01. The number of halogens is 2. The molecule has 0 radical (unpaired) electrons. The molecule has 0 aromatic heterocycles. The van der Waals surface area contributed by atoms with E-state index in [4.69, 9.17) is 0 Å². The predicted molar refractivity (Wildman–Crippen MR) is 24.0 cm³/mol. The van der Waals surface area contributed by atoms with Gasteiger partial charge in [-0.1, -0.05) is 0 Å². The van der Waals surface area contributed by atoms with Crippen LogP contribution in [0.3, 0.4) is 0 Å². The molecule has 0 amide bonds. The summed E-state index contributed by atoms with van der Waals surface area (Å²) < 4.78 is 22.5. The van der Waals surface area contributed by atoms with Gasteiger partial charge in [-0.05, 0) is 6.92 Å². The van der Waals surface area contributed by atoms with Crippen molar-refractivity contribution in [1.82, 2.24) is 5.32 Å². The first kappa shape index (κ1) is 6.40. The standard InChI is InChI=1S/C4H7F2N/c1-3(7-2)4(5)6/h7H,1-2H3. The topological polar surface area (TPSA) is 12.0 Å². The molecule has 0 saturated heterocycles. The summed E-state index contributed by atoms with van der Waals surface area (Å²) in [6.45, 7) is 1.31. The Morgan fingerprint density at radius 3 is 1.86 bits per heavy atom. The van der Waals surface area contributed by atoms with Crippen LogP contribution in [0.15, 0.2) is 11.8 Å². The molecule has 0 heterocycles. The number of hydrogen-bond acceptors (Lipinski definition) is 1. The Labute approximate surface area is 41.0 Å². The van der Waals surface area contributed by atoms with Gasteiger partial charge in [-0.15, -0.1) is 0 Å². The van der Waals surface area contributed by atoms with Crippen LogP contribution >= 0.6 is 0 Å². The molecular weight excluding hydrogens is 100 g/mol. The lowest BCUT2D eigenvalue weighted by atomic mass is 10.6. The van der Waals surface area contributed by atoms with E-state index in [0.717, 1.165) is 0 Å². The minimum atomic E-state index is -1.65. The van der Waals surface area contributed by atoms with E-state index in [1.54, 1.807) is 0 Å². The van der Waals surface area contributed by atoms with Crippen LogP contribution in [0, 0.1) is 0 Å². The van der Waals surface area contributed by atoms with E-state index in [0.29, 0.717) is 0 Å². The SMILES string of the molecule is CNC(C)=C(F)F. The molecule has 0 unspecified atom stereocenters. The molecule has 0 aromatic carbocycles. The Kier molecular flexibility index (Phi) is 2.33. The zero-order chi connectivity index (χ0) is 5.86. The predicted octanol–water partition coefficient (Wildman–Crippen LogP) is 1.33. The van der Waals surface area contributed by atoms with E-state index in [9.17, 15) is 8.78 Å². The Morgan fingerprint density at radius 1 is 1.43 bits per heavy atom. The monoisotopic (exact) mass is 107 g/mol. The number of rotatable bonds is 1. The van der Waals surface area contributed by atoms with Crippen molar-refractivity contribution in [2.45, 2.75) is 6.92 Å². The molecule has 1 N–H and O–H groups in total. The summed E-state index contributed by atoms with van der Waals surface area (Å²) in [6, 6.07) is 0. The summed E-state index contributed by atoms with van der Waals surface area (Å²) in [5.74, 6) is 0. The number of hydrogen-bond donors (Lipinski definition) is 1. The Bertz CT molecular complexity index is 83.7. The van der Waals surface area contributed by atoms with E-state index in [1.165, 1.54) is 14.0 Å². The van der Waals surface area contributed by atoms with Crippen LogP contribution in [0.1, 0.15) is 6.92 Å². The van der Waals surface area contributed by atoms with Crippen LogP contribution in [0.4, 0.5) is 8.78 Å². The van der Waals surface area contributed by atoms with E-state index in [-0.39, 0.29) is 5.70 Å². The second-order valence-corrected chi connectivity index (χ2v) is 1.14. The number of allylic oxidation sites excluding steroid dienone is 1. The van der Waals surface area contributed by atoms with Gasteiger partial charge in [0.2, 0.25) is 0 Å². The van der Waals surface area contributed by atoms with Gasteiger partial charge < -0.3 is 5.32 Å². The fourth-order valence-corrected chi connectivity index (χ4v) is 0.0945. The highest BCUT2D eigenvalue weighted by molar-refractivity contribution is 4.93. The highest BCUT2D eigenvalue weighted by Crippen LogP contribution is 2.00. The van der Waals surface area contributed by atoms with E-state index in [1.807, 2.05) is 0 Å². The normalized spacial score (nSPS) is 8.00. The zero-order valence-electron chi connectivity index (χ0n) is 4.26. The van der Waals surface area contributed by atoms with Crippen LogP contribution in [0.2, 0.25) is 0 Å². The first-order chi connectivity index (χ1) is 3.18. The van der Waals surface area contributed by atoms with Crippen molar-refractivity contribution in [3.63, 3.8) is 0 Å². The summed E-state index contributed by atoms with van der Waals surface area (Å²) in [5, 5.41) is 2.29. The lowest BCUT2D eigenvalue weighted by Gasteiger charge is -1.92. The maximum atomic E-state index is 11.2. The molecule has 3 heteroatoms. The van der Waals surface area contributed by atoms with Gasteiger partial charge in [-0.3, -0.25) is 0 Å². The van der Waals surface area contributed by atoms with Gasteiger partial charge in [0.05, 0.1) is 5.70 Å². The van der Waals surface area contributed by atoms with Crippen molar-refractivity contribution < 1.29 is 8.78 Å². The molecule has 0 aliphatic carbocycles. The van der Waals surface area contributed by atoms with Crippen molar-refractivity contribution >= 4 is 0 Å². The van der Waals surface area contributed by atoms with Gasteiger partial charge >= 0.3 is 0 Å². The largest absolute Gasteiger partial charge is 0.387 e. The Balaban J connectivity index is 3.72. The second-order valence-electron chi connectivity index (χ2n) is 1.14. The summed E-state index contributed by atoms with van der Waals surface area (Å²) in [6.07, 6.45) is -1.65. The van der Waals surface area contributed by atoms with Crippen molar-refractivity contribution in [3.8, 4) is 0 Å². The molecule has 0 aromatic rings. The Morgan fingerprint density at radius 2 is 1.86 bits per heavy atom. The molecule has 1 nitrogen and oxygen atoms in total. The van der Waals surface area contributed by atoms with E-state index >= 15 is 0 Å². The molecular formula is C4H7F2N. The molecule has 0 aliphatic rings. The van der Waals surface area contributed by atoms with Crippen LogP contribution in [0.25, 0.3) is 0 Å². The first-order valence-corrected chi connectivity index (χ1v) is 1.88. The molecule has 0 fully saturated rings. The summed E-state index contributed by atoms with van der Waals surface area (Å²) >= 11 is 0. The Hall–Kier alpha value is -0.600. The average molecular weight is 107 g/mol. The minimum Gasteiger partial charge on any atom is -0.387 e. The van der Waals surface area contributed by atoms with Gasteiger partial charge in [-0.2, -0.15) is 8.78 Å². The van der Waals surface area contributed by atoms with E-state index in [2.05, 4.69) is 5.32 Å². The quantitative estimate of drug-likeness (QED) is 0.533. The molecule has 0 saturated carbocycles. The molecule has 42 valence electrons.